The lowest BCUT2D eigenvalue weighted by Crippen LogP contribution is -1.97. The third-order valence-corrected chi connectivity index (χ3v) is 3.23. The molecule has 0 bridgehead atoms. The molecule has 0 saturated heterocycles. The summed E-state index contributed by atoms with van der Waals surface area (Å²) in [5.41, 5.74) is 8.97. The molecule has 0 aliphatic carbocycles. The first-order valence-corrected chi connectivity index (χ1v) is 5.58. The fraction of sp³-hybridized carbons (Fsp3) is 0.250. The van der Waals surface area contributed by atoms with Gasteiger partial charge in [-0.15, -0.1) is 0 Å². The number of hydrogen-bond acceptors (Lipinski definition) is 3. The number of aryl methyl sites for hydroxylation is 2. The van der Waals surface area contributed by atoms with Crippen LogP contribution >= 0.6 is 11.6 Å². The molecule has 0 fully saturated rings. The van der Waals surface area contributed by atoms with Gasteiger partial charge in [-0.05, 0) is 31.0 Å². The largest absolute Gasteiger partial charge is 0.506 e. The minimum atomic E-state index is 0.0490. The molecule has 0 amide bonds. The van der Waals surface area contributed by atoms with E-state index in [1.54, 1.807) is 23.9 Å². The van der Waals surface area contributed by atoms with Gasteiger partial charge >= 0.3 is 0 Å². The van der Waals surface area contributed by atoms with Crippen molar-refractivity contribution in [3.63, 3.8) is 0 Å². The molecule has 1 heterocycles. The number of halogens is 1. The molecule has 0 radical (unpaired) electrons. The maximum Gasteiger partial charge on any atom is 0.143 e. The SMILES string of the molecule is Cc1cc(Cl)c(O)c(-c2cc(N)n(C)n2)c1C. The third kappa shape index (κ3) is 1.85. The lowest BCUT2D eigenvalue weighted by atomic mass is 10.00. The quantitative estimate of drug-likeness (QED) is 0.819. The number of anilines is 1. The van der Waals surface area contributed by atoms with E-state index in [0.29, 0.717) is 22.1 Å². The standard InChI is InChI=1S/C12H14ClN3O/c1-6-4-8(13)12(17)11(7(6)2)9-5-10(14)16(3)15-9/h4-5,17H,14H2,1-3H3. The molecule has 0 spiro atoms. The zero-order valence-electron chi connectivity index (χ0n) is 9.95. The second kappa shape index (κ2) is 3.96. The number of aromatic nitrogens is 2. The van der Waals surface area contributed by atoms with Crippen LogP contribution in [0.5, 0.6) is 5.75 Å². The minimum Gasteiger partial charge on any atom is -0.506 e. The van der Waals surface area contributed by atoms with Crippen molar-refractivity contribution in [3.8, 4) is 17.0 Å². The summed E-state index contributed by atoms with van der Waals surface area (Å²) in [5, 5.41) is 14.6. The fourth-order valence-corrected chi connectivity index (χ4v) is 2.04. The van der Waals surface area contributed by atoms with Crippen LogP contribution in [0, 0.1) is 13.8 Å². The van der Waals surface area contributed by atoms with Gasteiger partial charge in [-0.1, -0.05) is 11.6 Å². The molecule has 0 aliphatic rings. The van der Waals surface area contributed by atoms with Crippen molar-refractivity contribution >= 4 is 17.4 Å². The maximum absolute atomic E-state index is 10.0. The van der Waals surface area contributed by atoms with Gasteiger partial charge in [-0.25, -0.2) is 0 Å². The average Bonchev–Trinajstić information content (AvgIpc) is 2.57. The first-order chi connectivity index (χ1) is 7.91. The van der Waals surface area contributed by atoms with Crippen molar-refractivity contribution < 1.29 is 5.11 Å². The Morgan fingerprint density at radius 3 is 2.53 bits per heavy atom. The Labute approximate surface area is 105 Å². The number of nitrogens with two attached hydrogens (primary N) is 1. The Kier molecular flexibility index (Phi) is 2.75. The summed E-state index contributed by atoms with van der Waals surface area (Å²) in [6.07, 6.45) is 0. The van der Waals surface area contributed by atoms with E-state index in [2.05, 4.69) is 5.10 Å². The summed E-state index contributed by atoms with van der Waals surface area (Å²) in [5.74, 6) is 0.587. The van der Waals surface area contributed by atoms with Gasteiger partial charge in [0.15, 0.2) is 0 Å². The van der Waals surface area contributed by atoms with Crippen LogP contribution in [-0.4, -0.2) is 14.9 Å². The number of hydrogen-bond donors (Lipinski definition) is 2. The Hall–Kier alpha value is -1.68. The average molecular weight is 252 g/mol. The van der Waals surface area contributed by atoms with Gasteiger partial charge in [-0.3, -0.25) is 4.68 Å². The maximum atomic E-state index is 10.0. The van der Waals surface area contributed by atoms with E-state index in [9.17, 15) is 5.11 Å². The second-order valence-electron chi connectivity index (χ2n) is 4.10. The first-order valence-electron chi connectivity index (χ1n) is 5.20. The number of rotatable bonds is 1. The zero-order chi connectivity index (χ0) is 12.7. The summed E-state index contributed by atoms with van der Waals surface area (Å²) >= 11 is 5.97. The van der Waals surface area contributed by atoms with Crippen molar-refractivity contribution in [1.29, 1.82) is 0 Å². The number of aromatic hydroxyl groups is 1. The molecule has 1 aromatic heterocycles. The summed E-state index contributed by atoms with van der Waals surface area (Å²) in [6, 6.07) is 3.46. The lowest BCUT2D eigenvalue weighted by molar-refractivity contribution is 0.476. The molecule has 90 valence electrons. The Morgan fingerprint density at radius 2 is 2.00 bits per heavy atom. The zero-order valence-corrected chi connectivity index (χ0v) is 10.7. The normalized spacial score (nSPS) is 10.8. The summed E-state index contributed by atoms with van der Waals surface area (Å²) in [6.45, 7) is 3.86. The molecule has 4 nitrogen and oxygen atoms in total. The van der Waals surface area contributed by atoms with Crippen molar-refractivity contribution in [2.24, 2.45) is 7.05 Å². The number of phenols is 1. The summed E-state index contributed by atoms with van der Waals surface area (Å²) in [7, 11) is 1.75. The smallest absolute Gasteiger partial charge is 0.143 e. The van der Waals surface area contributed by atoms with Gasteiger partial charge in [0.05, 0.1) is 10.7 Å². The van der Waals surface area contributed by atoms with E-state index < -0.39 is 0 Å². The third-order valence-electron chi connectivity index (χ3n) is 2.94. The molecular weight excluding hydrogens is 238 g/mol. The van der Waals surface area contributed by atoms with Crippen LogP contribution in [0.2, 0.25) is 5.02 Å². The number of benzene rings is 1. The Morgan fingerprint density at radius 1 is 1.35 bits per heavy atom. The predicted molar refractivity (Wildman–Crippen MR) is 69.2 cm³/mol. The van der Waals surface area contributed by atoms with Crippen LogP contribution in [0.25, 0.3) is 11.3 Å². The van der Waals surface area contributed by atoms with E-state index in [4.69, 9.17) is 17.3 Å². The molecule has 5 heteroatoms. The number of phenolic OH excluding ortho intramolecular Hbond substituents is 1. The van der Waals surface area contributed by atoms with E-state index in [1.807, 2.05) is 13.8 Å². The van der Waals surface area contributed by atoms with E-state index in [0.717, 1.165) is 11.1 Å². The highest BCUT2D eigenvalue weighted by Crippen LogP contribution is 2.39. The van der Waals surface area contributed by atoms with Crippen LogP contribution in [0.15, 0.2) is 12.1 Å². The second-order valence-corrected chi connectivity index (χ2v) is 4.51. The summed E-state index contributed by atoms with van der Waals surface area (Å²) in [4.78, 5) is 0. The molecule has 2 aromatic rings. The monoisotopic (exact) mass is 251 g/mol. The molecule has 0 saturated carbocycles. The topological polar surface area (TPSA) is 64.1 Å². The fourth-order valence-electron chi connectivity index (χ4n) is 1.78. The highest BCUT2D eigenvalue weighted by molar-refractivity contribution is 6.32. The van der Waals surface area contributed by atoms with Crippen molar-refractivity contribution in [2.45, 2.75) is 13.8 Å². The molecule has 1 aromatic carbocycles. The van der Waals surface area contributed by atoms with Gasteiger partial charge in [0.25, 0.3) is 0 Å². The van der Waals surface area contributed by atoms with Gasteiger partial charge in [-0.2, -0.15) is 5.10 Å². The van der Waals surface area contributed by atoms with Gasteiger partial charge in [0.1, 0.15) is 11.6 Å². The Bertz CT molecular complexity index is 544. The van der Waals surface area contributed by atoms with Crippen LogP contribution in [0.1, 0.15) is 11.1 Å². The molecule has 3 N–H and O–H groups in total. The van der Waals surface area contributed by atoms with E-state index >= 15 is 0 Å². The van der Waals surface area contributed by atoms with Gasteiger partial charge < -0.3 is 10.8 Å². The number of nitrogen functional groups attached to an aromatic ring is 1. The lowest BCUT2D eigenvalue weighted by Gasteiger charge is -2.10. The molecule has 0 atom stereocenters. The van der Waals surface area contributed by atoms with Crippen LogP contribution in [0.4, 0.5) is 5.82 Å². The van der Waals surface area contributed by atoms with Gasteiger partial charge in [0, 0.05) is 18.7 Å². The summed E-state index contributed by atoms with van der Waals surface area (Å²) < 4.78 is 1.56. The molecule has 0 unspecified atom stereocenters. The van der Waals surface area contributed by atoms with E-state index in [-0.39, 0.29) is 5.75 Å². The predicted octanol–water partition coefficient (Wildman–Crippen LogP) is 2.65. The van der Waals surface area contributed by atoms with Crippen LogP contribution in [-0.2, 0) is 7.05 Å². The van der Waals surface area contributed by atoms with Crippen LogP contribution in [0.3, 0.4) is 0 Å². The molecular formula is C12H14ClN3O. The Balaban J connectivity index is 2.74. The van der Waals surface area contributed by atoms with Crippen molar-refractivity contribution in [1.82, 2.24) is 9.78 Å². The highest BCUT2D eigenvalue weighted by atomic mass is 35.5. The first kappa shape index (κ1) is 11.8. The minimum absolute atomic E-state index is 0.0490. The molecule has 17 heavy (non-hydrogen) atoms. The molecule has 2 rings (SSSR count). The van der Waals surface area contributed by atoms with Gasteiger partial charge in [0.2, 0.25) is 0 Å². The van der Waals surface area contributed by atoms with Crippen molar-refractivity contribution in [2.75, 3.05) is 5.73 Å². The molecule has 0 aliphatic heterocycles. The highest BCUT2D eigenvalue weighted by Gasteiger charge is 2.16. The van der Waals surface area contributed by atoms with E-state index in [1.165, 1.54) is 0 Å². The van der Waals surface area contributed by atoms with Crippen LogP contribution < -0.4 is 5.73 Å². The number of nitrogens with zero attached hydrogens (tertiary/aromatic N) is 2. The van der Waals surface area contributed by atoms with Crippen molar-refractivity contribution in [3.05, 3.63) is 28.3 Å².